The lowest BCUT2D eigenvalue weighted by Crippen LogP contribution is -2.58. The maximum absolute atomic E-state index is 13.2. The number of hydrogen-bond donors (Lipinski definition) is 0. The molecule has 0 aromatic heterocycles. The van der Waals surface area contributed by atoms with Gasteiger partial charge in [0.15, 0.2) is 0 Å². The Balaban J connectivity index is 1.83. The molecule has 5 rings (SSSR count). The average molecular weight is 424 g/mol. The molecule has 0 N–H and O–H groups in total. The summed E-state index contributed by atoms with van der Waals surface area (Å²) in [7, 11) is 0. The molecule has 0 spiro atoms. The third-order valence-corrected chi connectivity index (χ3v) is 6.55. The quantitative estimate of drug-likeness (QED) is 0.412. The lowest BCUT2D eigenvalue weighted by molar-refractivity contribution is -0.549. The zero-order valence-electron chi connectivity index (χ0n) is 16.5. The van der Waals surface area contributed by atoms with Crippen LogP contribution in [0, 0.1) is 10.1 Å². The second-order valence-electron chi connectivity index (χ2n) is 8.06. The van der Waals surface area contributed by atoms with Crippen LogP contribution in [0.5, 0.6) is 0 Å². The summed E-state index contributed by atoms with van der Waals surface area (Å²) in [4.78, 5) is 14.4. The fraction of sp³-hybridized carbons (Fsp3) is 0.250. The molecule has 0 fully saturated rings. The predicted molar refractivity (Wildman–Crippen MR) is 109 cm³/mol. The highest BCUT2D eigenvalue weighted by Gasteiger charge is 2.59. The second kappa shape index (κ2) is 6.92. The van der Waals surface area contributed by atoms with Crippen molar-refractivity contribution in [1.29, 1.82) is 0 Å². The van der Waals surface area contributed by atoms with E-state index in [2.05, 4.69) is 4.90 Å². The highest BCUT2D eigenvalue weighted by molar-refractivity contribution is 5.52. The SMILES string of the molecule is O=[N+]([O-])[C@H]1c2ccccc2CN2CCc3ccccc3[C@@]12c1ccc(C(F)(F)F)cc1. The first-order valence-electron chi connectivity index (χ1n) is 10.1. The number of rotatable bonds is 2. The van der Waals surface area contributed by atoms with Gasteiger partial charge in [-0.1, -0.05) is 60.7 Å². The Kier molecular flexibility index (Phi) is 4.41. The maximum atomic E-state index is 13.2. The number of nitrogens with zero attached hydrogens (tertiary/aromatic N) is 2. The van der Waals surface area contributed by atoms with Crippen LogP contribution in [0.3, 0.4) is 0 Å². The summed E-state index contributed by atoms with van der Waals surface area (Å²) in [6.45, 7) is 1.08. The van der Waals surface area contributed by atoms with Crippen LogP contribution in [0.25, 0.3) is 0 Å². The predicted octanol–water partition coefficient (Wildman–Crippen LogP) is 5.34. The Bertz CT molecular complexity index is 1160. The molecular weight excluding hydrogens is 405 g/mol. The molecule has 31 heavy (non-hydrogen) atoms. The molecule has 0 amide bonds. The van der Waals surface area contributed by atoms with Gasteiger partial charge in [-0.3, -0.25) is 15.0 Å². The van der Waals surface area contributed by atoms with Crippen LogP contribution in [0.1, 0.15) is 39.4 Å². The summed E-state index contributed by atoms with van der Waals surface area (Å²) >= 11 is 0. The molecule has 0 unspecified atom stereocenters. The van der Waals surface area contributed by atoms with Crippen LogP contribution < -0.4 is 0 Å². The third kappa shape index (κ3) is 2.87. The van der Waals surface area contributed by atoms with Crippen molar-refractivity contribution in [3.8, 4) is 0 Å². The monoisotopic (exact) mass is 424 g/mol. The van der Waals surface area contributed by atoms with Gasteiger partial charge in [0.1, 0.15) is 5.54 Å². The Labute approximate surface area is 177 Å². The van der Waals surface area contributed by atoms with Gasteiger partial charge >= 0.3 is 6.18 Å². The van der Waals surface area contributed by atoms with Crippen molar-refractivity contribution >= 4 is 0 Å². The van der Waals surface area contributed by atoms with Crippen LogP contribution in [0.4, 0.5) is 13.2 Å². The van der Waals surface area contributed by atoms with E-state index < -0.39 is 23.3 Å². The van der Waals surface area contributed by atoms with Gasteiger partial charge in [0, 0.05) is 23.6 Å². The molecule has 0 radical (unpaired) electrons. The van der Waals surface area contributed by atoms with Gasteiger partial charge in [0.25, 0.3) is 6.04 Å². The molecule has 158 valence electrons. The van der Waals surface area contributed by atoms with Gasteiger partial charge in [-0.05, 0) is 40.8 Å². The van der Waals surface area contributed by atoms with E-state index in [1.54, 1.807) is 12.1 Å². The number of fused-ring (bicyclic) bond motifs is 4. The molecule has 2 heterocycles. The lowest BCUT2D eigenvalue weighted by Gasteiger charge is -2.52. The van der Waals surface area contributed by atoms with Gasteiger partial charge in [-0.2, -0.15) is 13.2 Å². The van der Waals surface area contributed by atoms with Crippen LogP contribution in [0.2, 0.25) is 0 Å². The van der Waals surface area contributed by atoms with Crippen LogP contribution in [-0.2, 0) is 24.7 Å². The topological polar surface area (TPSA) is 46.4 Å². The first kappa shape index (κ1) is 19.8. The van der Waals surface area contributed by atoms with Crippen molar-refractivity contribution in [2.24, 2.45) is 0 Å². The van der Waals surface area contributed by atoms with Gasteiger partial charge in [0.2, 0.25) is 0 Å². The number of halogens is 3. The first-order valence-corrected chi connectivity index (χ1v) is 10.1. The van der Waals surface area contributed by atoms with E-state index >= 15 is 0 Å². The fourth-order valence-corrected chi connectivity index (χ4v) is 5.29. The summed E-state index contributed by atoms with van der Waals surface area (Å²) < 4.78 is 39.6. The fourth-order valence-electron chi connectivity index (χ4n) is 5.29. The van der Waals surface area contributed by atoms with Crippen LogP contribution in [-0.4, -0.2) is 16.4 Å². The maximum Gasteiger partial charge on any atom is 0.416 e. The summed E-state index contributed by atoms with van der Waals surface area (Å²) in [6, 6.07) is 18.6. The molecule has 0 bridgehead atoms. The van der Waals surface area contributed by atoms with Crippen LogP contribution in [0.15, 0.2) is 72.8 Å². The number of hydrogen-bond acceptors (Lipinski definition) is 3. The van der Waals surface area contributed by atoms with Crippen LogP contribution >= 0.6 is 0 Å². The molecule has 7 heteroatoms. The zero-order chi connectivity index (χ0) is 21.8. The zero-order valence-corrected chi connectivity index (χ0v) is 16.5. The van der Waals surface area contributed by atoms with E-state index in [-0.39, 0.29) is 4.92 Å². The number of alkyl halides is 3. The molecule has 3 aromatic rings. The van der Waals surface area contributed by atoms with E-state index in [1.165, 1.54) is 12.1 Å². The summed E-state index contributed by atoms with van der Waals surface area (Å²) in [5, 5.41) is 12.6. The molecule has 2 aliphatic rings. The summed E-state index contributed by atoms with van der Waals surface area (Å²) in [5.41, 5.74) is 1.83. The lowest BCUT2D eigenvalue weighted by atomic mass is 9.66. The normalized spacial score (nSPS) is 22.9. The first-order chi connectivity index (χ1) is 14.8. The molecule has 2 atom stereocenters. The minimum Gasteiger partial charge on any atom is -0.279 e. The minimum absolute atomic E-state index is 0.287. The number of nitro groups is 1. The van der Waals surface area contributed by atoms with E-state index in [0.29, 0.717) is 24.2 Å². The number of benzene rings is 3. The molecule has 0 saturated heterocycles. The summed E-state index contributed by atoms with van der Waals surface area (Å²) in [5.74, 6) is 0. The standard InChI is InChI=1S/C24H19F3N2O2/c25-24(26,27)19-11-9-18(10-12-19)23-21-8-4-2-5-16(21)13-14-28(23)15-17-6-1-3-7-20(17)22(23)29(30)31/h1-12,22H,13-15H2/t22-,23-/m0/s1. The summed E-state index contributed by atoms with van der Waals surface area (Å²) in [6.07, 6.45) is -3.74. The Hall–Kier alpha value is -3.19. The van der Waals surface area contributed by atoms with E-state index in [4.69, 9.17) is 0 Å². The van der Waals surface area contributed by atoms with Gasteiger partial charge in [-0.25, -0.2) is 0 Å². The van der Waals surface area contributed by atoms with E-state index in [0.717, 1.165) is 35.2 Å². The Morgan fingerprint density at radius 1 is 0.935 bits per heavy atom. The van der Waals surface area contributed by atoms with Crippen molar-refractivity contribution in [1.82, 2.24) is 4.90 Å². The van der Waals surface area contributed by atoms with E-state index in [9.17, 15) is 23.3 Å². The van der Waals surface area contributed by atoms with Crippen molar-refractivity contribution in [2.45, 2.75) is 30.7 Å². The molecule has 3 aromatic carbocycles. The van der Waals surface area contributed by atoms with Crippen molar-refractivity contribution in [3.63, 3.8) is 0 Å². The van der Waals surface area contributed by atoms with Crippen molar-refractivity contribution in [3.05, 3.63) is 116 Å². The van der Waals surface area contributed by atoms with Gasteiger partial charge in [0.05, 0.1) is 5.56 Å². The Morgan fingerprint density at radius 3 is 2.26 bits per heavy atom. The Morgan fingerprint density at radius 2 is 1.58 bits per heavy atom. The van der Waals surface area contributed by atoms with Crippen molar-refractivity contribution in [2.75, 3.05) is 6.54 Å². The van der Waals surface area contributed by atoms with Crippen molar-refractivity contribution < 1.29 is 18.1 Å². The second-order valence-corrected chi connectivity index (χ2v) is 8.06. The molecular formula is C24H19F3N2O2. The van der Waals surface area contributed by atoms with E-state index in [1.807, 2.05) is 36.4 Å². The molecule has 4 nitrogen and oxygen atoms in total. The minimum atomic E-state index is -4.47. The molecule has 2 aliphatic heterocycles. The highest BCUT2D eigenvalue weighted by Crippen LogP contribution is 2.54. The van der Waals surface area contributed by atoms with Gasteiger partial charge < -0.3 is 0 Å². The third-order valence-electron chi connectivity index (χ3n) is 6.55. The smallest absolute Gasteiger partial charge is 0.279 e. The average Bonchev–Trinajstić information content (AvgIpc) is 2.76. The largest absolute Gasteiger partial charge is 0.416 e. The molecule has 0 saturated carbocycles. The molecule has 0 aliphatic carbocycles. The van der Waals surface area contributed by atoms with Gasteiger partial charge in [-0.15, -0.1) is 0 Å². The highest BCUT2D eigenvalue weighted by atomic mass is 19.4.